The minimum Gasteiger partial charge on any atom is -0.388 e. The van der Waals surface area contributed by atoms with Crippen LogP contribution in [0.5, 0.6) is 0 Å². The highest BCUT2D eigenvalue weighted by Gasteiger charge is 2.33. The maximum absolute atomic E-state index is 11.6. The maximum atomic E-state index is 11.6. The molecule has 82 valence electrons. The van der Waals surface area contributed by atoms with Crippen molar-refractivity contribution in [3.05, 3.63) is 0 Å². The van der Waals surface area contributed by atoms with Gasteiger partial charge in [-0.2, -0.15) is 0 Å². The van der Waals surface area contributed by atoms with E-state index in [0.29, 0.717) is 19.4 Å². The van der Waals surface area contributed by atoms with E-state index in [9.17, 15) is 9.90 Å². The summed E-state index contributed by atoms with van der Waals surface area (Å²) in [4.78, 5) is 13.4. The highest BCUT2D eigenvalue weighted by Crippen LogP contribution is 2.21. The van der Waals surface area contributed by atoms with Crippen LogP contribution in [0.3, 0.4) is 0 Å². The minimum atomic E-state index is -0.652. The van der Waals surface area contributed by atoms with E-state index >= 15 is 0 Å². The van der Waals surface area contributed by atoms with Crippen LogP contribution in [-0.4, -0.2) is 34.6 Å². The van der Waals surface area contributed by atoms with Gasteiger partial charge in [0, 0.05) is 19.5 Å². The summed E-state index contributed by atoms with van der Waals surface area (Å²) in [6.07, 6.45) is 4.60. The van der Waals surface area contributed by atoms with Crippen molar-refractivity contribution in [2.45, 2.75) is 51.6 Å². The molecule has 0 aromatic carbocycles. The first-order valence-corrected chi connectivity index (χ1v) is 5.55. The second-order valence-corrected chi connectivity index (χ2v) is 4.52. The van der Waals surface area contributed by atoms with Gasteiger partial charge in [-0.25, -0.2) is 0 Å². The van der Waals surface area contributed by atoms with Crippen LogP contribution in [0.2, 0.25) is 0 Å². The number of hydrogen-bond donors (Lipinski definition) is 1. The quantitative estimate of drug-likeness (QED) is 0.698. The van der Waals surface area contributed by atoms with E-state index in [4.69, 9.17) is 0 Å². The summed E-state index contributed by atoms with van der Waals surface area (Å²) < 4.78 is 0. The van der Waals surface area contributed by atoms with Crippen molar-refractivity contribution in [2.24, 2.45) is 0 Å². The summed E-state index contributed by atoms with van der Waals surface area (Å²) in [5.74, 6) is 0.205. The van der Waals surface area contributed by atoms with E-state index in [1.165, 1.54) is 0 Å². The third-order valence-electron chi connectivity index (χ3n) is 2.80. The Balaban J connectivity index is 2.25. The first kappa shape index (κ1) is 11.5. The summed E-state index contributed by atoms with van der Waals surface area (Å²) in [7, 11) is 0. The van der Waals surface area contributed by atoms with Gasteiger partial charge in [0.1, 0.15) is 0 Å². The fraction of sp³-hybridized carbons (Fsp3) is 0.909. The molecule has 0 spiro atoms. The number of aliphatic hydroxyl groups is 1. The highest BCUT2D eigenvalue weighted by molar-refractivity contribution is 5.76. The number of nitrogens with zero attached hydrogens (tertiary/aromatic N) is 1. The van der Waals surface area contributed by atoms with Crippen molar-refractivity contribution >= 4 is 5.91 Å². The molecule has 0 aliphatic carbocycles. The third-order valence-corrected chi connectivity index (χ3v) is 2.80. The molecule has 3 heteroatoms. The number of unbranched alkanes of at least 4 members (excludes halogenated alkanes) is 2. The lowest BCUT2D eigenvalue weighted by Gasteiger charge is -2.18. The molecule has 0 aromatic heterocycles. The number of carbonyl (C=O) groups is 1. The first-order chi connectivity index (χ1) is 6.55. The summed E-state index contributed by atoms with van der Waals surface area (Å²) in [6.45, 7) is 5.16. The predicted octanol–water partition coefficient (Wildman–Crippen LogP) is 1.55. The average molecular weight is 199 g/mol. The van der Waals surface area contributed by atoms with Crippen molar-refractivity contribution in [1.82, 2.24) is 4.90 Å². The molecule has 1 atom stereocenters. The molecule has 0 radical (unpaired) electrons. The molecule has 1 rings (SSSR count). The number of likely N-dealkylation sites (tertiary alicyclic amines) is 1. The van der Waals surface area contributed by atoms with Crippen LogP contribution in [0.1, 0.15) is 46.0 Å². The second-order valence-electron chi connectivity index (χ2n) is 4.52. The Kier molecular flexibility index (Phi) is 3.93. The lowest BCUT2D eigenvalue weighted by molar-refractivity contribution is -0.131. The lowest BCUT2D eigenvalue weighted by Crippen LogP contribution is -2.33. The van der Waals surface area contributed by atoms with Gasteiger partial charge in [-0.05, 0) is 19.8 Å². The summed E-state index contributed by atoms with van der Waals surface area (Å²) in [5, 5.41) is 9.69. The molecule has 14 heavy (non-hydrogen) atoms. The SMILES string of the molecule is CCCCCC(=O)N1CCC(C)(O)C1. The molecule has 1 heterocycles. The standard InChI is InChI=1S/C11H21NO2/c1-3-4-5-6-10(13)12-8-7-11(2,14)9-12/h14H,3-9H2,1-2H3. The van der Waals surface area contributed by atoms with Gasteiger partial charge in [0.05, 0.1) is 5.60 Å². The zero-order valence-corrected chi connectivity index (χ0v) is 9.25. The fourth-order valence-corrected chi connectivity index (χ4v) is 1.84. The zero-order chi connectivity index (χ0) is 10.6. The van der Waals surface area contributed by atoms with Crippen molar-refractivity contribution in [3.8, 4) is 0 Å². The Morgan fingerprint density at radius 1 is 1.50 bits per heavy atom. The van der Waals surface area contributed by atoms with Crippen LogP contribution in [0.4, 0.5) is 0 Å². The first-order valence-electron chi connectivity index (χ1n) is 5.55. The largest absolute Gasteiger partial charge is 0.388 e. The Labute approximate surface area is 86.1 Å². The second kappa shape index (κ2) is 4.78. The number of β-amino-alcohol motifs (C(OH)–C–C–N with tert-alkyl or cyclic N) is 1. The fourth-order valence-electron chi connectivity index (χ4n) is 1.84. The Morgan fingerprint density at radius 2 is 2.21 bits per heavy atom. The third kappa shape index (κ3) is 3.29. The van der Waals surface area contributed by atoms with Crippen LogP contribution in [0.15, 0.2) is 0 Å². The van der Waals surface area contributed by atoms with Crippen LogP contribution in [0.25, 0.3) is 0 Å². The molecule has 1 aliphatic heterocycles. The molecule has 1 amide bonds. The molecule has 0 saturated carbocycles. The monoisotopic (exact) mass is 199 g/mol. The van der Waals surface area contributed by atoms with Crippen molar-refractivity contribution < 1.29 is 9.90 Å². The van der Waals surface area contributed by atoms with Gasteiger partial charge in [-0.15, -0.1) is 0 Å². The van der Waals surface area contributed by atoms with E-state index in [1.54, 1.807) is 11.8 Å². The zero-order valence-electron chi connectivity index (χ0n) is 9.25. The number of hydrogen-bond acceptors (Lipinski definition) is 2. The van der Waals surface area contributed by atoms with Gasteiger partial charge in [-0.1, -0.05) is 19.8 Å². The average Bonchev–Trinajstić information content (AvgIpc) is 2.46. The van der Waals surface area contributed by atoms with E-state index in [2.05, 4.69) is 6.92 Å². The van der Waals surface area contributed by atoms with Crippen LogP contribution in [-0.2, 0) is 4.79 Å². The van der Waals surface area contributed by atoms with Gasteiger partial charge in [0.15, 0.2) is 0 Å². The maximum Gasteiger partial charge on any atom is 0.222 e. The predicted molar refractivity (Wildman–Crippen MR) is 56.0 cm³/mol. The van der Waals surface area contributed by atoms with Crippen LogP contribution >= 0.6 is 0 Å². The van der Waals surface area contributed by atoms with Gasteiger partial charge in [0.2, 0.25) is 5.91 Å². The van der Waals surface area contributed by atoms with Gasteiger partial charge in [-0.3, -0.25) is 4.79 Å². The van der Waals surface area contributed by atoms with Gasteiger partial charge in [0.25, 0.3) is 0 Å². The van der Waals surface area contributed by atoms with Gasteiger partial charge < -0.3 is 10.0 Å². The molecule has 1 unspecified atom stereocenters. The number of rotatable bonds is 4. The molecular formula is C11H21NO2. The number of carbonyl (C=O) groups excluding carboxylic acids is 1. The Morgan fingerprint density at radius 3 is 2.71 bits per heavy atom. The topological polar surface area (TPSA) is 40.5 Å². The molecule has 3 nitrogen and oxygen atoms in total. The Hall–Kier alpha value is -0.570. The van der Waals surface area contributed by atoms with Crippen molar-refractivity contribution in [2.75, 3.05) is 13.1 Å². The van der Waals surface area contributed by atoms with Gasteiger partial charge >= 0.3 is 0 Å². The molecule has 0 aromatic rings. The van der Waals surface area contributed by atoms with E-state index in [-0.39, 0.29) is 5.91 Å². The molecule has 1 fully saturated rings. The highest BCUT2D eigenvalue weighted by atomic mass is 16.3. The van der Waals surface area contributed by atoms with Crippen molar-refractivity contribution in [3.63, 3.8) is 0 Å². The van der Waals surface area contributed by atoms with Crippen LogP contribution in [0, 0.1) is 0 Å². The normalized spacial score (nSPS) is 26.9. The van der Waals surface area contributed by atoms with E-state index in [1.807, 2.05) is 0 Å². The molecule has 0 bridgehead atoms. The molecule has 1 N–H and O–H groups in total. The minimum absolute atomic E-state index is 0.205. The molecular weight excluding hydrogens is 178 g/mol. The number of amides is 1. The van der Waals surface area contributed by atoms with Crippen molar-refractivity contribution in [1.29, 1.82) is 0 Å². The Bertz CT molecular complexity index is 201. The lowest BCUT2D eigenvalue weighted by atomic mass is 10.1. The summed E-state index contributed by atoms with van der Waals surface area (Å²) in [5.41, 5.74) is -0.652. The molecule has 1 saturated heterocycles. The summed E-state index contributed by atoms with van der Waals surface area (Å²) in [6, 6.07) is 0. The van der Waals surface area contributed by atoms with E-state index in [0.717, 1.165) is 25.8 Å². The smallest absolute Gasteiger partial charge is 0.222 e. The summed E-state index contributed by atoms with van der Waals surface area (Å²) >= 11 is 0. The van der Waals surface area contributed by atoms with E-state index < -0.39 is 5.60 Å². The van der Waals surface area contributed by atoms with Crippen LogP contribution < -0.4 is 0 Å². The molecule has 1 aliphatic rings.